The number of halogens is 2. The van der Waals surface area contributed by atoms with Gasteiger partial charge in [0.2, 0.25) is 5.78 Å². The lowest BCUT2D eigenvalue weighted by Gasteiger charge is -2.35. The number of aromatic amines is 1. The Hall–Kier alpha value is -3.23. The first-order chi connectivity index (χ1) is 16.0. The molecule has 1 aliphatic rings. The average Bonchev–Trinajstić information content (AvgIpc) is 3.22. The molecule has 170 valence electrons. The fraction of sp³-hybridized carbons (Fsp3) is 0.292. The molecule has 33 heavy (non-hydrogen) atoms. The van der Waals surface area contributed by atoms with E-state index in [-0.39, 0.29) is 17.0 Å². The second-order valence-electron chi connectivity index (χ2n) is 8.28. The molecule has 0 saturated carbocycles. The van der Waals surface area contributed by atoms with Crippen molar-refractivity contribution in [3.8, 4) is 0 Å². The van der Waals surface area contributed by atoms with Crippen molar-refractivity contribution in [1.29, 1.82) is 0 Å². The van der Waals surface area contributed by atoms with Crippen molar-refractivity contribution in [2.75, 3.05) is 31.1 Å². The Morgan fingerprint density at radius 2 is 1.82 bits per heavy atom. The van der Waals surface area contributed by atoms with Crippen molar-refractivity contribution in [3.63, 3.8) is 0 Å². The van der Waals surface area contributed by atoms with Crippen molar-refractivity contribution in [1.82, 2.24) is 24.5 Å². The number of benzene rings is 2. The number of fused-ring (bicyclic) bond motifs is 1. The zero-order valence-electron chi connectivity index (χ0n) is 18.3. The molecule has 1 aliphatic heterocycles. The maximum atomic E-state index is 14.4. The summed E-state index contributed by atoms with van der Waals surface area (Å²) in [5, 5.41) is 4.51. The summed E-state index contributed by atoms with van der Waals surface area (Å²) >= 11 is 5.90. The summed E-state index contributed by atoms with van der Waals surface area (Å²) in [6, 6.07) is 15.2. The molecule has 1 N–H and O–H groups in total. The fourth-order valence-electron chi connectivity index (χ4n) is 4.27. The first-order valence-electron chi connectivity index (χ1n) is 10.9. The van der Waals surface area contributed by atoms with Crippen LogP contribution in [0.5, 0.6) is 0 Å². The first kappa shape index (κ1) is 21.6. The Bertz CT molecular complexity index is 1340. The summed E-state index contributed by atoms with van der Waals surface area (Å²) in [6.07, 6.45) is 0.108. The fourth-order valence-corrected chi connectivity index (χ4v) is 4.46. The molecule has 0 unspecified atom stereocenters. The van der Waals surface area contributed by atoms with Crippen molar-refractivity contribution in [2.24, 2.45) is 0 Å². The lowest BCUT2D eigenvalue weighted by molar-refractivity contribution is 0.244. The molecule has 0 bridgehead atoms. The van der Waals surface area contributed by atoms with E-state index in [1.165, 1.54) is 16.3 Å². The molecule has 7 nitrogen and oxygen atoms in total. The Morgan fingerprint density at radius 3 is 2.58 bits per heavy atom. The van der Waals surface area contributed by atoms with Crippen LogP contribution in [0.1, 0.15) is 22.6 Å². The maximum Gasteiger partial charge on any atom is 0.279 e. The highest BCUT2D eigenvalue weighted by Crippen LogP contribution is 2.21. The molecule has 0 aliphatic carbocycles. The molecule has 4 aromatic rings. The van der Waals surface area contributed by atoms with Crippen LogP contribution in [-0.4, -0.2) is 50.7 Å². The van der Waals surface area contributed by atoms with Gasteiger partial charge < -0.3 is 9.88 Å². The van der Waals surface area contributed by atoms with Crippen LogP contribution < -0.4 is 10.5 Å². The summed E-state index contributed by atoms with van der Waals surface area (Å²) in [5.41, 5.74) is 2.25. The summed E-state index contributed by atoms with van der Waals surface area (Å²) in [6.45, 7) is 6.00. The van der Waals surface area contributed by atoms with Crippen LogP contribution >= 0.6 is 11.6 Å². The SMILES string of the molecule is Cc1nc2[nH]c(CN3CCN(c4ccccc4)CC3)nn2c(=O)c1Cc1cccc(Cl)c1F. The summed E-state index contributed by atoms with van der Waals surface area (Å²) < 4.78 is 15.7. The first-order valence-corrected chi connectivity index (χ1v) is 11.3. The minimum Gasteiger partial charge on any atom is -0.369 e. The number of hydrogen-bond donors (Lipinski definition) is 1. The zero-order valence-corrected chi connectivity index (χ0v) is 19.0. The number of H-pyrrole nitrogens is 1. The topological polar surface area (TPSA) is 69.5 Å². The molecule has 3 heterocycles. The van der Waals surface area contributed by atoms with Gasteiger partial charge in [0.25, 0.3) is 5.56 Å². The summed E-state index contributed by atoms with van der Waals surface area (Å²) in [4.78, 5) is 25.5. The van der Waals surface area contributed by atoms with Gasteiger partial charge in [0.15, 0.2) is 0 Å². The highest BCUT2D eigenvalue weighted by atomic mass is 35.5. The standard InChI is InChI=1S/C24H24ClFN6O/c1-16-19(14-17-6-5-9-20(25)22(17)26)23(33)32-24(27-16)28-21(29-32)15-30-10-12-31(13-11-30)18-7-3-2-4-8-18/h2-9H,10-15H2,1H3,(H,27,28,29). The van der Waals surface area contributed by atoms with Crippen LogP contribution in [-0.2, 0) is 13.0 Å². The molecule has 0 amide bonds. The molecule has 1 fully saturated rings. The number of nitrogens with one attached hydrogen (secondary N) is 1. The number of anilines is 1. The number of aryl methyl sites for hydroxylation is 1. The molecule has 0 atom stereocenters. The maximum absolute atomic E-state index is 14.4. The smallest absolute Gasteiger partial charge is 0.279 e. The van der Waals surface area contributed by atoms with E-state index in [4.69, 9.17) is 11.6 Å². The van der Waals surface area contributed by atoms with Crippen molar-refractivity contribution >= 4 is 23.1 Å². The number of rotatable bonds is 5. The van der Waals surface area contributed by atoms with E-state index in [9.17, 15) is 9.18 Å². The largest absolute Gasteiger partial charge is 0.369 e. The highest BCUT2D eigenvalue weighted by molar-refractivity contribution is 6.30. The van der Waals surface area contributed by atoms with Crippen molar-refractivity contribution < 1.29 is 4.39 Å². The number of aromatic nitrogens is 4. The summed E-state index contributed by atoms with van der Waals surface area (Å²) in [5.74, 6) is 0.560. The van der Waals surface area contributed by atoms with Gasteiger partial charge in [-0.3, -0.25) is 9.69 Å². The van der Waals surface area contributed by atoms with E-state index >= 15 is 0 Å². The Kier molecular flexibility index (Phi) is 5.86. The number of hydrogen-bond acceptors (Lipinski definition) is 5. The predicted octanol–water partition coefficient (Wildman–Crippen LogP) is 3.43. The van der Waals surface area contributed by atoms with Crippen molar-refractivity contribution in [3.05, 3.63) is 92.4 Å². The molecule has 2 aromatic carbocycles. The normalized spacial score (nSPS) is 14.8. The van der Waals surface area contributed by atoms with Crippen LogP contribution in [0.25, 0.3) is 5.78 Å². The second-order valence-corrected chi connectivity index (χ2v) is 8.68. The third kappa shape index (κ3) is 4.36. The Balaban J connectivity index is 1.33. The van der Waals surface area contributed by atoms with Crippen LogP contribution in [0.4, 0.5) is 10.1 Å². The lowest BCUT2D eigenvalue weighted by Crippen LogP contribution is -2.46. The predicted molar refractivity (Wildman–Crippen MR) is 126 cm³/mol. The van der Waals surface area contributed by atoms with Crippen LogP contribution in [0.2, 0.25) is 5.02 Å². The van der Waals surface area contributed by atoms with Gasteiger partial charge in [-0.05, 0) is 30.7 Å². The minimum atomic E-state index is -0.513. The molecular weight excluding hydrogens is 443 g/mol. The Labute approximate surface area is 195 Å². The van der Waals surface area contributed by atoms with Gasteiger partial charge in [-0.25, -0.2) is 9.37 Å². The lowest BCUT2D eigenvalue weighted by atomic mass is 10.0. The second kappa shape index (κ2) is 8.96. The third-order valence-electron chi connectivity index (χ3n) is 6.10. The van der Waals surface area contributed by atoms with E-state index in [1.54, 1.807) is 19.1 Å². The summed E-state index contributed by atoms with van der Waals surface area (Å²) in [7, 11) is 0. The van der Waals surface area contributed by atoms with Gasteiger partial charge in [-0.2, -0.15) is 4.52 Å². The Morgan fingerprint density at radius 1 is 1.06 bits per heavy atom. The zero-order chi connectivity index (χ0) is 22.9. The van der Waals surface area contributed by atoms with Gasteiger partial charge in [0.1, 0.15) is 11.6 Å². The van der Waals surface area contributed by atoms with Gasteiger partial charge in [0.05, 0.1) is 17.3 Å². The molecule has 5 rings (SSSR count). The van der Waals surface area contributed by atoms with Gasteiger partial charge in [-0.1, -0.05) is 41.9 Å². The van der Waals surface area contributed by atoms with Crippen LogP contribution in [0.15, 0.2) is 53.3 Å². The minimum absolute atomic E-state index is 0.0358. The number of piperazine rings is 1. The molecule has 0 radical (unpaired) electrons. The van der Waals surface area contributed by atoms with Crippen molar-refractivity contribution in [2.45, 2.75) is 19.9 Å². The van der Waals surface area contributed by atoms with Gasteiger partial charge in [0, 0.05) is 43.9 Å². The average molecular weight is 467 g/mol. The van der Waals surface area contributed by atoms with Gasteiger partial charge >= 0.3 is 0 Å². The quantitative estimate of drug-likeness (QED) is 0.488. The molecule has 0 spiro atoms. The third-order valence-corrected chi connectivity index (χ3v) is 6.40. The molecule has 2 aromatic heterocycles. The number of nitrogens with zero attached hydrogens (tertiary/aromatic N) is 5. The van der Waals surface area contributed by atoms with Crippen LogP contribution in [0, 0.1) is 12.7 Å². The highest BCUT2D eigenvalue weighted by Gasteiger charge is 2.20. The van der Waals surface area contributed by atoms with E-state index < -0.39 is 5.82 Å². The monoisotopic (exact) mass is 466 g/mol. The number of para-hydroxylation sites is 1. The van der Waals surface area contributed by atoms with E-state index in [1.807, 2.05) is 6.07 Å². The van der Waals surface area contributed by atoms with Gasteiger partial charge in [-0.15, -0.1) is 5.10 Å². The molecule has 1 saturated heterocycles. The van der Waals surface area contributed by atoms with Crippen LogP contribution in [0.3, 0.4) is 0 Å². The van der Waals surface area contributed by atoms with E-state index in [0.29, 0.717) is 35.0 Å². The van der Waals surface area contributed by atoms with E-state index in [0.717, 1.165) is 26.2 Å². The molecule has 9 heteroatoms. The molecular formula is C24H24ClFN6O. The van der Waals surface area contributed by atoms with E-state index in [2.05, 4.69) is 49.1 Å².